The summed E-state index contributed by atoms with van der Waals surface area (Å²) in [5, 5.41) is 11.4. The summed E-state index contributed by atoms with van der Waals surface area (Å²) in [5.74, 6) is 0.143. The quantitative estimate of drug-likeness (QED) is 0.826. The molecule has 2 N–H and O–H groups in total. The predicted octanol–water partition coefficient (Wildman–Crippen LogP) is 2.03. The Morgan fingerprint density at radius 2 is 2.24 bits per heavy atom. The van der Waals surface area contributed by atoms with Gasteiger partial charge in [0.15, 0.2) is 5.82 Å². The summed E-state index contributed by atoms with van der Waals surface area (Å²) >= 11 is 0. The highest BCUT2D eigenvalue weighted by atomic mass is 19.1. The molecule has 0 aliphatic carbocycles. The molecule has 0 radical (unpaired) electrons. The number of nitrogens with zero attached hydrogens (tertiary/aromatic N) is 4. The molecule has 17 heavy (non-hydrogen) atoms. The molecular formula is C11H14FN5. The minimum atomic E-state index is -0.354. The van der Waals surface area contributed by atoms with Crippen LogP contribution in [0.1, 0.15) is 26.3 Å². The number of anilines is 1. The largest absolute Gasteiger partial charge is 0.398 e. The van der Waals surface area contributed by atoms with Gasteiger partial charge in [0, 0.05) is 11.3 Å². The van der Waals surface area contributed by atoms with Gasteiger partial charge in [0.05, 0.1) is 6.04 Å². The van der Waals surface area contributed by atoms with Crippen molar-refractivity contribution in [1.29, 1.82) is 0 Å². The molecule has 6 heteroatoms. The Bertz CT molecular complexity index is 522. The molecule has 1 heterocycles. The standard InChI is InChI=1S/C11H14FN5/c1-3-7(2)17-11(14-15-16-17)9-6-8(12)4-5-10(9)13/h4-7H,3,13H2,1-2H3. The molecule has 5 nitrogen and oxygen atoms in total. The van der Waals surface area contributed by atoms with E-state index in [2.05, 4.69) is 15.5 Å². The molecule has 90 valence electrons. The van der Waals surface area contributed by atoms with E-state index in [0.29, 0.717) is 17.1 Å². The lowest BCUT2D eigenvalue weighted by Gasteiger charge is -2.11. The van der Waals surface area contributed by atoms with Crippen molar-refractivity contribution in [2.24, 2.45) is 0 Å². The Morgan fingerprint density at radius 3 is 2.94 bits per heavy atom. The second kappa shape index (κ2) is 4.48. The average Bonchev–Trinajstić information content (AvgIpc) is 2.80. The first-order valence-electron chi connectivity index (χ1n) is 5.46. The molecule has 2 rings (SSSR count). The van der Waals surface area contributed by atoms with E-state index < -0.39 is 0 Å². The fourth-order valence-electron chi connectivity index (χ4n) is 1.56. The molecule has 1 aromatic heterocycles. The maximum Gasteiger partial charge on any atom is 0.184 e. The van der Waals surface area contributed by atoms with E-state index in [1.165, 1.54) is 18.2 Å². The predicted molar refractivity (Wildman–Crippen MR) is 62.6 cm³/mol. The zero-order valence-corrected chi connectivity index (χ0v) is 9.76. The van der Waals surface area contributed by atoms with Gasteiger partial charge in [-0.15, -0.1) is 5.10 Å². The summed E-state index contributed by atoms with van der Waals surface area (Å²) in [4.78, 5) is 0. The van der Waals surface area contributed by atoms with Crippen molar-refractivity contribution >= 4 is 5.69 Å². The highest BCUT2D eigenvalue weighted by Gasteiger charge is 2.15. The number of halogens is 1. The Morgan fingerprint density at radius 1 is 1.47 bits per heavy atom. The molecule has 0 aliphatic rings. The Hall–Kier alpha value is -1.98. The highest BCUT2D eigenvalue weighted by Crippen LogP contribution is 2.26. The highest BCUT2D eigenvalue weighted by molar-refractivity contribution is 5.71. The Balaban J connectivity index is 2.53. The molecule has 0 amide bonds. The van der Waals surface area contributed by atoms with Gasteiger partial charge in [-0.3, -0.25) is 0 Å². The molecule has 0 saturated carbocycles. The molecular weight excluding hydrogens is 221 g/mol. The van der Waals surface area contributed by atoms with E-state index >= 15 is 0 Å². The van der Waals surface area contributed by atoms with Gasteiger partial charge in [-0.25, -0.2) is 9.07 Å². The van der Waals surface area contributed by atoms with Gasteiger partial charge in [-0.05, 0) is 42.0 Å². The lowest BCUT2D eigenvalue weighted by atomic mass is 10.1. The number of tetrazole rings is 1. The normalized spacial score (nSPS) is 12.6. The van der Waals surface area contributed by atoms with Crippen LogP contribution >= 0.6 is 0 Å². The van der Waals surface area contributed by atoms with Crippen molar-refractivity contribution in [2.75, 3.05) is 5.73 Å². The SMILES string of the molecule is CCC(C)n1nnnc1-c1cc(F)ccc1N. The summed E-state index contributed by atoms with van der Waals surface area (Å²) in [6, 6.07) is 4.32. The average molecular weight is 235 g/mol. The molecule has 0 saturated heterocycles. The van der Waals surface area contributed by atoms with Crippen LogP contribution in [0.3, 0.4) is 0 Å². The third-order valence-electron chi connectivity index (χ3n) is 2.76. The van der Waals surface area contributed by atoms with Crippen LogP contribution in [0.4, 0.5) is 10.1 Å². The summed E-state index contributed by atoms with van der Waals surface area (Å²) < 4.78 is 14.9. The molecule has 0 fully saturated rings. The Labute approximate surface area is 98.4 Å². The zero-order valence-electron chi connectivity index (χ0n) is 9.76. The lowest BCUT2D eigenvalue weighted by Crippen LogP contribution is -2.09. The second-order valence-electron chi connectivity index (χ2n) is 3.94. The van der Waals surface area contributed by atoms with Gasteiger partial charge in [0.2, 0.25) is 0 Å². The van der Waals surface area contributed by atoms with Crippen molar-refractivity contribution in [3.05, 3.63) is 24.0 Å². The third kappa shape index (κ3) is 2.11. The van der Waals surface area contributed by atoms with Crippen LogP contribution in [0.25, 0.3) is 11.4 Å². The number of hydrogen-bond acceptors (Lipinski definition) is 4. The van der Waals surface area contributed by atoms with E-state index in [1.807, 2.05) is 13.8 Å². The monoisotopic (exact) mass is 235 g/mol. The van der Waals surface area contributed by atoms with Crippen molar-refractivity contribution in [1.82, 2.24) is 20.2 Å². The van der Waals surface area contributed by atoms with Gasteiger partial charge in [-0.1, -0.05) is 6.92 Å². The molecule has 1 atom stereocenters. The minimum absolute atomic E-state index is 0.141. The van der Waals surface area contributed by atoms with E-state index in [9.17, 15) is 4.39 Å². The third-order valence-corrected chi connectivity index (χ3v) is 2.76. The molecule has 0 bridgehead atoms. The summed E-state index contributed by atoms with van der Waals surface area (Å²) in [6.45, 7) is 4.03. The van der Waals surface area contributed by atoms with E-state index in [1.54, 1.807) is 4.68 Å². The second-order valence-corrected chi connectivity index (χ2v) is 3.94. The minimum Gasteiger partial charge on any atom is -0.398 e. The maximum absolute atomic E-state index is 13.2. The number of benzene rings is 1. The van der Waals surface area contributed by atoms with Crippen molar-refractivity contribution < 1.29 is 4.39 Å². The Kier molecular flexibility index (Phi) is 3.03. The first-order chi connectivity index (χ1) is 8.13. The molecule has 0 aliphatic heterocycles. The van der Waals surface area contributed by atoms with Crippen molar-refractivity contribution in [3.8, 4) is 11.4 Å². The van der Waals surface area contributed by atoms with Crippen LogP contribution in [-0.2, 0) is 0 Å². The molecule has 1 aromatic carbocycles. The van der Waals surface area contributed by atoms with E-state index in [4.69, 9.17) is 5.73 Å². The summed E-state index contributed by atoms with van der Waals surface area (Å²) in [5.41, 5.74) is 6.80. The van der Waals surface area contributed by atoms with Gasteiger partial charge in [-0.2, -0.15) is 0 Å². The number of aromatic nitrogens is 4. The lowest BCUT2D eigenvalue weighted by molar-refractivity contribution is 0.469. The van der Waals surface area contributed by atoms with Crippen LogP contribution in [-0.4, -0.2) is 20.2 Å². The van der Waals surface area contributed by atoms with Gasteiger partial charge in [0.25, 0.3) is 0 Å². The number of rotatable bonds is 3. The molecule has 1 unspecified atom stereocenters. The van der Waals surface area contributed by atoms with Crippen LogP contribution < -0.4 is 5.73 Å². The zero-order chi connectivity index (χ0) is 12.4. The van der Waals surface area contributed by atoms with Crippen molar-refractivity contribution in [3.63, 3.8) is 0 Å². The fraction of sp³-hybridized carbons (Fsp3) is 0.364. The summed E-state index contributed by atoms with van der Waals surface area (Å²) in [7, 11) is 0. The topological polar surface area (TPSA) is 69.6 Å². The number of nitrogens with two attached hydrogens (primary N) is 1. The van der Waals surface area contributed by atoms with Crippen LogP contribution in [0, 0.1) is 5.82 Å². The maximum atomic E-state index is 13.2. The number of nitrogen functional groups attached to an aromatic ring is 1. The first-order valence-corrected chi connectivity index (χ1v) is 5.46. The number of hydrogen-bond donors (Lipinski definition) is 1. The van der Waals surface area contributed by atoms with E-state index in [-0.39, 0.29) is 11.9 Å². The van der Waals surface area contributed by atoms with Crippen LogP contribution in [0.2, 0.25) is 0 Å². The summed E-state index contributed by atoms with van der Waals surface area (Å²) in [6.07, 6.45) is 0.882. The molecule has 0 spiro atoms. The van der Waals surface area contributed by atoms with Gasteiger partial charge < -0.3 is 5.73 Å². The molecule has 2 aromatic rings. The smallest absolute Gasteiger partial charge is 0.184 e. The van der Waals surface area contributed by atoms with Gasteiger partial charge in [0.1, 0.15) is 5.82 Å². The van der Waals surface area contributed by atoms with Crippen LogP contribution in [0.15, 0.2) is 18.2 Å². The van der Waals surface area contributed by atoms with Crippen LogP contribution in [0.5, 0.6) is 0 Å². The van der Waals surface area contributed by atoms with E-state index in [0.717, 1.165) is 6.42 Å². The first kappa shape index (κ1) is 11.5. The van der Waals surface area contributed by atoms with Crippen molar-refractivity contribution in [2.45, 2.75) is 26.3 Å². The fourth-order valence-corrected chi connectivity index (χ4v) is 1.56. The van der Waals surface area contributed by atoms with Gasteiger partial charge >= 0.3 is 0 Å².